The number of imidazole rings is 1. The number of aryl methyl sites for hydroxylation is 1. The molecule has 3 aliphatic rings. The molecule has 2 aromatic carbocycles. The molecule has 5 aromatic rings. The van der Waals surface area contributed by atoms with Gasteiger partial charge >= 0.3 is 0 Å². The third-order valence-corrected chi connectivity index (χ3v) is 9.71. The van der Waals surface area contributed by atoms with E-state index in [9.17, 15) is 10.1 Å². The van der Waals surface area contributed by atoms with E-state index >= 15 is 0 Å². The van der Waals surface area contributed by atoms with Crippen molar-refractivity contribution in [1.29, 1.82) is 5.26 Å². The van der Waals surface area contributed by atoms with Crippen LogP contribution in [0.5, 0.6) is 5.75 Å². The van der Waals surface area contributed by atoms with Gasteiger partial charge in [0.2, 0.25) is 0 Å². The summed E-state index contributed by atoms with van der Waals surface area (Å²) in [4.78, 5) is 25.9. The van der Waals surface area contributed by atoms with Crippen LogP contribution in [0.3, 0.4) is 0 Å². The minimum absolute atomic E-state index is 0.00454. The monoisotopic (exact) mass is 571 g/mol. The van der Waals surface area contributed by atoms with Gasteiger partial charge in [0.1, 0.15) is 16.9 Å². The Balaban J connectivity index is 1.24. The third-order valence-electron chi connectivity index (χ3n) is 9.71. The van der Waals surface area contributed by atoms with Crippen LogP contribution in [0.25, 0.3) is 44.8 Å². The number of amides is 1. The number of carbonyl (C=O) groups excluding carboxylic acids is 1. The number of nitrogens with zero attached hydrogens (tertiary/aromatic N) is 6. The minimum Gasteiger partial charge on any atom is -0.494 e. The molecule has 9 nitrogen and oxygen atoms in total. The second-order valence-corrected chi connectivity index (χ2v) is 12.4. The van der Waals surface area contributed by atoms with E-state index in [4.69, 9.17) is 20.4 Å². The zero-order valence-electron chi connectivity index (χ0n) is 24.3. The van der Waals surface area contributed by atoms with Crippen LogP contribution in [0, 0.1) is 23.2 Å². The maximum atomic E-state index is 13.7. The molecular weight excluding hydrogens is 538 g/mol. The van der Waals surface area contributed by atoms with Crippen molar-refractivity contribution >= 4 is 28.0 Å². The summed E-state index contributed by atoms with van der Waals surface area (Å²) in [6, 6.07) is 20.0. The Morgan fingerprint density at radius 3 is 2.67 bits per heavy atom. The van der Waals surface area contributed by atoms with E-state index in [1.807, 2.05) is 48.3 Å². The zero-order chi connectivity index (χ0) is 29.4. The van der Waals surface area contributed by atoms with Crippen LogP contribution in [0.1, 0.15) is 41.6 Å². The highest BCUT2D eigenvalue weighted by molar-refractivity contribution is 6.00. The van der Waals surface area contributed by atoms with Gasteiger partial charge in [0.05, 0.1) is 35.6 Å². The highest BCUT2D eigenvalue weighted by atomic mass is 16.5. The summed E-state index contributed by atoms with van der Waals surface area (Å²) in [5.74, 6) is 2.41. The summed E-state index contributed by atoms with van der Waals surface area (Å²) in [7, 11) is 3.64. The molecule has 3 unspecified atom stereocenters. The van der Waals surface area contributed by atoms with Gasteiger partial charge in [-0.15, -0.1) is 0 Å². The van der Waals surface area contributed by atoms with Gasteiger partial charge in [-0.3, -0.25) is 4.79 Å². The van der Waals surface area contributed by atoms with Crippen molar-refractivity contribution in [3.8, 4) is 34.6 Å². The maximum absolute atomic E-state index is 13.7. The Kier molecular flexibility index (Phi) is 5.85. The number of likely N-dealkylation sites (tertiary alicyclic amines) is 1. The zero-order valence-corrected chi connectivity index (χ0v) is 24.3. The molecule has 1 amide bonds. The van der Waals surface area contributed by atoms with Crippen molar-refractivity contribution < 1.29 is 9.53 Å². The largest absolute Gasteiger partial charge is 0.494 e. The third kappa shape index (κ3) is 4.12. The SMILES string of the molecule is COc1cc(C(=O)N2CC3CCC2C3N)cc2nc(-c3cc4ccc(-c5cccc(C#N)c5)nc4n3CC3CC3)n(C)c12. The first-order valence-corrected chi connectivity index (χ1v) is 15.1. The summed E-state index contributed by atoms with van der Waals surface area (Å²) in [6.07, 6.45) is 4.47. The topological polar surface area (TPSA) is 115 Å². The second kappa shape index (κ2) is 9.68. The molecule has 216 valence electrons. The van der Waals surface area contributed by atoms with E-state index < -0.39 is 0 Å². The molecule has 3 aromatic heterocycles. The molecule has 9 heteroatoms. The number of ether oxygens (including phenoxy) is 1. The van der Waals surface area contributed by atoms with Crippen molar-refractivity contribution in [1.82, 2.24) is 24.0 Å². The average molecular weight is 572 g/mol. The lowest BCUT2D eigenvalue weighted by atomic mass is 10.1. The Labute approximate surface area is 249 Å². The van der Waals surface area contributed by atoms with Crippen molar-refractivity contribution in [2.75, 3.05) is 13.7 Å². The predicted molar refractivity (Wildman–Crippen MR) is 164 cm³/mol. The fraction of sp³-hybridized carbons (Fsp3) is 0.353. The second-order valence-electron chi connectivity index (χ2n) is 12.4. The Bertz CT molecular complexity index is 1980. The number of carbonyl (C=O) groups is 1. The Morgan fingerprint density at radius 2 is 1.95 bits per heavy atom. The Morgan fingerprint density at radius 1 is 1.09 bits per heavy atom. The van der Waals surface area contributed by atoms with Crippen LogP contribution < -0.4 is 10.5 Å². The highest BCUT2D eigenvalue weighted by Crippen LogP contribution is 2.40. The predicted octanol–water partition coefficient (Wildman–Crippen LogP) is 5.11. The van der Waals surface area contributed by atoms with Gasteiger partial charge in [0.25, 0.3) is 5.91 Å². The normalized spacial score (nSPS) is 21.2. The molecule has 43 heavy (non-hydrogen) atoms. The average Bonchev–Trinajstić information content (AvgIpc) is 3.44. The molecule has 8 rings (SSSR count). The number of rotatable bonds is 6. The van der Waals surface area contributed by atoms with Crippen molar-refractivity contribution in [3.63, 3.8) is 0 Å². The van der Waals surface area contributed by atoms with E-state index in [0.717, 1.165) is 70.8 Å². The fourth-order valence-electron chi connectivity index (χ4n) is 7.23. The summed E-state index contributed by atoms with van der Waals surface area (Å²) in [5.41, 5.74) is 12.8. The van der Waals surface area contributed by atoms with E-state index in [1.54, 1.807) is 13.2 Å². The first-order chi connectivity index (χ1) is 20.9. The highest BCUT2D eigenvalue weighted by Gasteiger charge is 2.47. The Hall–Kier alpha value is -4.68. The first-order valence-electron chi connectivity index (χ1n) is 15.1. The quantitative estimate of drug-likeness (QED) is 0.303. The van der Waals surface area contributed by atoms with Crippen molar-refractivity contribution in [2.45, 2.75) is 44.3 Å². The lowest BCUT2D eigenvalue weighted by Gasteiger charge is -2.27. The number of piperidine rings is 1. The number of pyridine rings is 1. The van der Waals surface area contributed by atoms with E-state index in [-0.39, 0.29) is 18.0 Å². The molecule has 0 radical (unpaired) electrons. The number of methoxy groups -OCH3 is 1. The molecule has 1 aliphatic heterocycles. The van der Waals surface area contributed by atoms with Crippen LogP contribution in [-0.4, -0.2) is 55.6 Å². The van der Waals surface area contributed by atoms with Gasteiger partial charge in [-0.25, -0.2) is 9.97 Å². The van der Waals surface area contributed by atoms with Gasteiger partial charge in [-0.05, 0) is 80.0 Å². The van der Waals surface area contributed by atoms with Crippen LogP contribution in [-0.2, 0) is 13.6 Å². The molecule has 0 spiro atoms. The number of aromatic nitrogens is 4. The lowest BCUT2D eigenvalue weighted by Crippen LogP contribution is -2.41. The smallest absolute Gasteiger partial charge is 0.254 e. The number of benzene rings is 2. The van der Waals surface area contributed by atoms with Gasteiger partial charge in [-0.2, -0.15) is 5.26 Å². The van der Waals surface area contributed by atoms with Gasteiger partial charge in [0, 0.05) is 48.7 Å². The van der Waals surface area contributed by atoms with Crippen LogP contribution in [0.2, 0.25) is 0 Å². The van der Waals surface area contributed by atoms with Gasteiger partial charge < -0.3 is 24.5 Å². The fourth-order valence-corrected chi connectivity index (χ4v) is 7.23. The van der Waals surface area contributed by atoms with Crippen molar-refractivity contribution in [2.24, 2.45) is 24.6 Å². The molecular formula is C34H33N7O2. The lowest BCUT2D eigenvalue weighted by molar-refractivity contribution is 0.0700. The summed E-state index contributed by atoms with van der Waals surface area (Å²) in [5, 5.41) is 10.4. The van der Waals surface area contributed by atoms with Crippen molar-refractivity contribution in [3.05, 3.63) is 65.7 Å². The summed E-state index contributed by atoms with van der Waals surface area (Å²) >= 11 is 0. The van der Waals surface area contributed by atoms with E-state index in [0.29, 0.717) is 28.7 Å². The molecule has 1 saturated heterocycles. The van der Waals surface area contributed by atoms with E-state index in [1.165, 1.54) is 12.8 Å². The molecule has 2 aliphatic carbocycles. The number of hydrogen-bond acceptors (Lipinski definition) is 6. The maximum Gasteiger partial charge on any atom is 0.254 e. The number of hydrogen-bond donors (Lipinski definition) is 1. The number of nitrogens with two attached hydrogens (primary N) is 1. The molecule has 3 fully saturated rings. The minimum atomic E-state index is -0.00454. The molecule has 3 atom stereocenters. The van der Waals surface area contributed by atoms with Crippen LogP contribution in [0.15, 0.2) is 54.6 Å². The number of nitriles is 1. The molecule has 2 N–H and O–H groups in total. The first kappa shape index (κ1) is 26.0. The van der Waals surface area contributed by atoms with Crippen LogP contribution in [0.4, 0.5) is 0 Å². The summed E-state index contributed by atoms with van der Waals surface area (Å²) in [6.45, 7) is 1.57. The summed E-state index contributed by atoms with van der Waals surface area (Å²) < 4.78 is 10.2. The van der Waals surface area contributed by atoms with Crippen LogP contribution >= 0.6 is 0 Å². The standard InChI is InChI=1S/C34H33N7O2/c1-39-31-26(13-24(15-29(31)43-2)34(42)41-18-23-9-11-27(41)30(23)36)38-33(39)28-14-22-8-10-25(21-5-3-4-20(12-21)16-35)37-32(22)40(28)17-19-6-7-19/h3-5,8,10,12-15,19,23,27,30H,6-7,9,11,17-18,36H2,1-2H3. The van der Waals surface area contributed by atoms with Gasteiger partial charge in [0.15, 0.2) is 5.82 Å². The van der Waals surface area contributed by atoms with Gasteiger partial charge in [-0.1, -0.05) is 12.1 Å². The molecule has 2 bridgehead atoms. The van der Waals surface area contributed by atoms with E-state index in [2.05, 4.69) is 27.3 Å². The number of fused-ring (bicyclic) bond motifs is 4. The molecule has 4 heterocycles. The molecule has 2 saturated carbocycles.